The first-order valence-corrected chi connectivity index (χ1v) is 10.7. The van der Waals surface area contributed by atoms with E-state index in [1.54, 1.807) is 30.3 Å². The molecular formula is C28H22FNO3. The third-order valence-corrected chi connectivity index (χ3v) is 5.64. The molecule has 5 heteroatoms. The summed E-state index contributed by atoms with van der Waals surface area (Å²) in [6, 6.07) is 23.8. The molecule has 164 valence electrons. The van der Waals surface area contributed by atoms with Crippen LogP contribution in [0.15, 0.2) is 78.9 Å². The van der Waals surface area contributed by atoms with Crippen molar-refractivity contribution >= 4 is 28.1 Å². The third kappa shape index (κ3) is 4.44. The average Bonchev–Trinajstić information content (AvgIpc) is 3.19. The van der Waals surface area contributed by atoms with Gasteiger partial charge in [-0.3, -0.25) is 4.79 Å². The second-order valence-corrected chi connectivity index (χ2v) is 8.08. The Morgan fingerprint density at radius 2 is 1.58 bits per heavy atom. The summed E-state index contributed by atoms with van der Waals surface area (Å²) in [4.78, 5) is 15.0. The number of carbonyl (C=O) groups is 1. The Morgan fingerprint density at radius 1 is 0.788 bits per heavy atom. The predicted molar refractivity (Wildman–Crippen MR) is 127 cm³/mol. The van der Waals surface area contributed by atoms with Crippen molar-refractivity contribution in [2.24, 2.45) is 0 Å². The number of hydrogen-bond acceptors (Lipinski definition) is 3. The molecular weight excluding hydrogens is 417 g/mol. The molecule has 0 saturated carbocycles. The zero-order valence-electron chi connectivity index (χ0n) is 18.1. The first kappa shape index (κ1) is 20.8. The lowest BCUT2D eigenvalue weighted by molar-refractivity contribution is 0.111. The highest BCUT2D eigenvalue weighted by molar-refractivity contribution is 6.07. The highest BCUT2D eigenvalue weighted by Crippen LogP contribution is 2.28. The lowest BCUT2D eigenvalue weighted by atomic mass is 10.1. The Hall–Kier alpha value is -4.12. The van der Waals surface area contributed by atoms with Gasteiger partial charge in [0, 0.05) is 21.8 Å². The van der Waals surface area contributed by atoms with E-state index in [9.17, 15) is 9.18 Å². The summed E-state index contributed by atoms with van der Waals surface area (Å²) in [5.41, 5.74) is 5.68. The van der Waals surface area contributed by atoms with E-state index in [-0.39, 0.29) is 12.4 Å². The van der Waals surface area contributed by atoms with Crippen LogP contribution in [0.2, 0.25) is 0 Å². The fraction of sp³-hybridized carbons (Fsp3) is 0.107. The maximum atomic E-state index is 13.0. The topological polar surface area (TPSA) is 51.3 Å². The molecule has 0 aliphatic carbocycles. The molecule has 33 heavy (non-hydrogen) atoms. The fourth-order valence-electron chi connectivity index (χ4n) is 3.90. The highest BCUT2D eigenvalue weighted by atomic mass is 19.1. The normalized spacial score (nSPS) is 11.1. The molecule has 4 aromatic carbocycles. The third-order valence-electron chi connectivity index (χ3n) is 5.64. The van der Waals surface area contributed by atoms with Crippen molar-refractivity contribution in [3.8, 4) is 11.5 Å². The van der Waals surface area contributed by atoms with E-state index in [2.05, 4.69) is 42.2 Å². The van der Waals surface area contributed by atoms with Gasteiger partial charge in [-0.1, -0.05) is 30.3 Å². The van der Waals surface area contributed by atoms with Crippen molar-refractivity contribution in [1.29, 1.82) is 0 Å². The van der Waals surface area contributed by atoms with Crippen LogP contribution in [0.3, 0.4) is 0 Å². The number of fused-ring (bicyclic) bond motifs is 3. The number of carbonyl (C=O) groups excluding carboxylic acids is 1. The van der Waals surface area contributed by atoms with Crippen molar-refractivity contribution < 1.29 is 18.7 Å². The molecule has 0 aliphatic heterocycles. The van der Waals surface area contributed by atoms with Gasteiger partial charge in [-0.25, -0.2) is 4.39 Å². The van der Waals surface area contributed by atoms with Gasteiger partial charge in [-0.15, -0.1) is 0 Å². The first-order valence-electron chi connectivity index (χ1n) is 10.7. The molecule has 5 rings (SSSR count). The zero-order chi connectivity index (χ0) is 22.8. The van der Waals surface area contributed by atoms with Gasteiger partial charge in [0.25, 0.3) is 0 Å². The van der Waals surface area contributed by atoms with Gasteiger partial charge in [-0.05, 0) is 72.1 Å². The minimum atomic E-state index is -0.298. The SMILES string of the molecule is Cc1ccc2c(c1)[nH]c1ccc(COc3ccc(OCc4ccc(F)cc4)c(C=O)c3)cc12. The number of rotatable bonds is 7. The van der Waals surface area contributed by atoms with Crippen molar-refractivity contribution in [3.05, 3.63) is 107 Å². The summed E-state index contributed by atoms with van der Waals surface area (Å²) in [5, 5.41) is 2.34. The summed E-state index contributed by atoms with van der Waals surface area (Å²) in [6.07, 6.45) is 0.743. The van der Waals surface area contributed by atoms with Crippen LogP contribution in [0, 0.1) is 12.7 Å². The monoisotopic (exact) mass is 439 g/mol. The van der Waals surface area contributed by atoms with Crippen molar-refractivity contribution in [2.75, 3.05) is 0 Å². The second-order valence-electron chi connectivity index (χ2n) is 8.08. The van der Waals surface area contributed by atoms with Gasteiger partial charge in [0.15, 0.2) is 6.29 Å². The van der Waals surface area contributed by atoms with E-state index < -0.39 is 0 Å². The van der Waals surface area contributed by atoms with Gasteiger partial charge in [0.05, 0.1) is 5.56 Å². The minimum absolute atomic E-state index is 0.242. The van der Waals surface area contributed by atoms with Crippen LogP contribution in [0.4, 0.5) is 4.39 Å². The van der Waals surface area contributed by atoms with Gasteiger partial charge in [0.1, 0.15) is 30.5 Å². The van der Waals surface area contributed by atoms with Crippen molar-refractivity contribution in [1.82, 2.24) is 4.98 Å². The lowest BCUT2D eigenvalue weighted by Gasteiger charge is -2.11. The molecule has 1 N–H and O–H groups in total. The average molecular weight is 439 g/mol. The number of nitrogens with one attached hydrogen (secondary N) is 1. The summed E-state index contributed by atoms with van der Waals surface area (Å²) >= 11 is 0. The molecule has 5 aromatic rings. The maximum Gasteiger partial charge on any atom is 0.153 e. The Labute approximate surface area is 190 Å². The van der Waals surface area contributed by atoms with Crippen molar-refractivity contribution in [3.63, 3.8) is 0 Å². The molecule has 1 aromatic heterocycles. The predicted octanol–water partition coefficient (Wildman–Crippen LogP) is 6.74. The largest absolute Gasteiger partial charge is 0.489 e. The number of H-pyrrole nitrogens is 1. The molecule has 0 amide bonds. The Morgan fingerprint density at radius 3 is 2.39 bits per heavy atom. The molecule has 0 radical (unpaired) electrons. The van der Waals surface area contributed by atoms with Crippen LogP contribution >= 0.6 is 0 Å². The van der Waals surface area contributed by atoms with Gasteiger partial charge in [-0.2, -0.15) is 0 Å². The van der Waals surface area contributed by atoms with Gasteiger partial charge >= 0.3 is 0 Å². The van der Waals surface area contributed by atoms with Crippen LogP contribution in [0.25, 0.3) is 21.8 Å². The molecule has 0 atom stereocenters. The summed E-state index contributed by atoms with van der Waals surface area (Å²) in [6.45, 7) is 2.70. The number of aldehydes is 1. The Balaban J connectivity index is 1.30. The second kappa shape index (κ2) is 8.79. The zero-order valence-corrected chi connectivity index (χ0v) is 18.1. The Bertz CT molecular complexity index is 1450. The van der Waals surface area contributed by atoms with Crippen LogP contribution in [0.1, 0.15) is 27.0 Å². The van der Waals surface area contributed by atoms with Gasteiger partial charge in [0.2, 0.25) is 0 Å². The Kier molecular flexibility index (Phi) is 5.53. The molecule has 0 fully saturated rings. The van der Waals surface area contributed by atoms with E-state index in [0.29, 0.717) is 23.7 Å². The molecule has 0 spiro atoms. The number of halogens is 1. The van der Waals surface area contributed by atoms with Crippen molar-refractivity contribution in [2.45, 2.75) is 20.1 Å². The fourth-order valence-corrected chi connectivity index (χ4v) is 3.90. The summed E-state index contributed by atoms with van der Waals surface area (Å²) in [7, 11) is 0. The standard InChI is InChI=1S/C28H22FNO3/c1-18-2-9-24-25-13-20(5-10-26(25)30-27(24)12-18)17-32-23-8-11-28(21(14-23)15-31)33-16-19-3-6-22(29)7-4-19/h2-15,30H,16-17H2,1H3. The smallest absolute Gasteiger partial charge is 0.153 e. The number of benzene rings is 4. The lowest BCUT2D eigenvalue weighted by Crippen LogP contribution is -2.00. The molecule has 0 aliphatic rings. The number of aromatic nitrogens is 1. The highest BCUT2D eigenvalue weighted by Gasteiger charge is 2.09. The van der Waals surface area contributed by atoms with Crippen LogP contribution in [-0.4, -0.2) is 11.3 Å². The van der Waals surface area contributed by atoms with E-state index in [1.807, 2.05) is 6.07 Å². The number of aryl methyl sites for hydroxylation is 1. The molecule has 0 bridgehead atoms. The van der Waals surface area contributed by atoms with E-state index in [0.717, 1.165) is 33.8 Å². The number of aromatic amines is 1. The van der Waals surface area contributed by atoms with Gasteiger partial charge < -0.3 is 14.5 Å². The van der Waals surface area contributed by atoms with E-state index in [4.69, 9.17) is 9.47 Å². The van der Waals surface area contributed by atoms with Crippen LogP contribution in [0.5, 0.6) is 11.5 Å². The number of ether oxygens (including phenoxy) is 2. The number of hydrogen-bond donors (Lipinski definition) is 1. The molecule has 0 saturated heterocycles. The maximum absolute atomic E-state index is 13.0. The molecule has 0 unspecified atom stereocenters. The van der Waals surface area contributed by atoms with Crippen LogP contribution in [-0.2, 0) is 13.2 Å². The minimum Gasteiger partial charge on any atom is -0.489 e. The van der Waals surface area contributed by atoms with E-state index in [1.165, 1.54) is 23.1 Å². The summed E-state index contributed by atoms with van der Waals surface area (Å²) < 4.78 is 24.8. The quantitative estimate of drug-likeness (QED) is 0.286. The first-order chi connectivity index (χ1) is 16.1. The van der Waals surface area contributed by atoms with E-state index >= 15 is 0 Å². The molecule has 4 nitrogen and oxygen atoms in total. The van der Waals surface area contributed by atoms with Crippen LogP contribution < -0.4 is 9.47 Å². The molecule has 1 heterocycles. The summed E-state index contributed by atoms with van der Waals surface area (Å²) in [5.74, 6) is 0.742.